The molecule has 1 heterocycles. The molecule has 0 bridgehead atoms. The van der Waals surface area contributed by atoms with Crippen LogP contribution >= 0.6 is 27.7 Å². The largest absolute Gasteiger partial charge is 0.459 e. The van der Waals surface area contributed by atoms with Gasteiger partial charge in [0.15, 0.2) is 5.76 Å². The van der Waals surface area contributed by atoms with Gasteiger partial charge in [0.25, 0.3) is 5.91 Å². The Morgan fingerprint density at radius 1 is 1.04 bits per heavy atom. The minimum Gasteiger partial charge on any atom is -0.459 e. The van der Waals surface area contributed by atoms with Crippen LogP contribution in [0.15, 0.2) is 74.6 Å². The van der Waals surface area contributed by atoms with Gasteiger partial charge in [0.05, 0.1) is 12.0 Å². The van der Waals surface area contributed by atoms with Crippen molar-refractivity contribution in [3.63, 3.8) is 0 Å². The highest BCUT2D eigenvalue weighted by atomic mass is 79.9. The van der Waals surface area contributed by atoms with Crippen molar-refractivity contribution in [2.75, 3.05) is 16.4 Å². The van der Waals surface area contributed by atoms with Crippen molar-refractivity contribution in [1.29, 1.82) is 0 Å². The summed E-state index contributed by atoms with van der Waals surface area (Å²) >= 11 is 4.93. The van der Waals surface area contributed by atoms with Gasteiger partial charge >= 0.3 is 0 Å². The van der Waals surface area contributed by atoms with Crippen LogP contribution in [0.4, 0.5) is 11.4 Å². The molecule has 7 heteroatoms. The number of nitrogens with one attached hydrogen (secondary N) is 2. The van der Waals surface area contributed by atoms with Crippen molar-refractivity contribution in [2.24, 2.45) is 0 Å². The summed E-state index contributed by atoms with van der Waals surface area (Å²) in [5.74, 6) is 0.153. The Morgan fingerprint density at radius 3 is 2.37 bits per heavy atom. The predicted octanol–water partition coefficient (Wildman–Crippen LogP) is 5.33. The second-order valence-electron chi connectivity index (χ2n) is 5.76. The second-order valence-corrected chi connectivity index (χ2v) is 7.69. The zero-order valence-corrected chi connectivity index (χ0v) is 16.9. The summed E-state index contributed by atoms with van der Waals surface area (Å²) in [7, 11) is 0. The summed E-state index contributed by atoms with van der Waals surface area (Å²) in [5.41, 5.74) is 2.41. The minimum absolute atomic E-state index is 0.0883. The van der Waals surface area contributed by atoms with E-state index in [1.807, 2.05) is 25.1 Å². The number of hydrogen-bond donors (Lipinski definition) is 2. The molecule has 2 aromatic carbocycles. The summed E-state index contributed by atoms with van der Waals surface area (Å²) in [4.78, 5) is 25.2. The average molecular weight is 445 g/mol. The Morgan fingerprint density at radius 2 is 1.74 bits per heavy atom. The molecule has 2 amide bonds. The van der Waals surface area contributed by atoms with E-state index >= 15 is 0 Å². The summed E-state index contributed by atoms with van der Waals surface area (Å²) < 4.78 is 6.07. The number of carbonyl (C=O) groups excluding carboxylic acids is 2. The number of furan rings is 1. The van der Waals surface area contributed by atoms with Gasteiger partial charge in [0.1, 0.15) is 0 Å². The Hall–Kier alpha value is -2.51. The zero-order chi connectivity index (χ0) is 19.2. The van der Waals surface area contributed by atoms with E-state index in [2.05, 4.69) is 26.6 Å². The third kappa shape index (κ3) is 5.48. The molecule has 0 aliphatic carbocycles. The lowest BCUT2D eigenvalue weighted by atomic mass is 10.2. The zero-order valence-electron chi connectivity index (χ0n) is 14.5. The molecular formula is C20H17BrN2O3S. The van der Waals surface area contributed by atoms with Gasteiger partial charge in [-0.25, -0.2) is 0 Å². The second kappa shape index (κ2) is 8.92. The molecule has 0 saturated heterocycles. The number of aryl methyl sites for hydroxylation is 1. The Kier molecular flexibility index (Phi) is 6.36. The highest BCUT2D eigenvalue weighted by Gasteiger charge is 2.09. The molecule has 0 unspecified atom stereocenters. The topological polar surface area (TPSA) is 71.3 Å². The molecule has 3 aromatic rings. The molecule has 27 heavy (non-hydrogen) atoms. The highest BCUT2D eigenvalue weighted by Crippen LogP contribution is 2.25. The number of carbonyl (C=O) groups is 2. The van der Waals surface area contributed by atoms with Crippen molar-refractivity contribution >= 4 is 50.9 Å². The molecule has 0 fully saturated rings. The van der Waals surface area contributed by atoms with E-state index in [1.165, 1.54) is 18.0 Å². The van der Waals surface area contributed by atoms with Gasteiger partial charge in [-0.3, -0.25) is 9.59 Å². The number of amides is 2. The Bertz CT molecular complexity index is 940. The normalized spacial score (nSPS) is 10.4. The van der Waals surface area contributed by atoms with Crippen LogP contribution in [-0.4, -0.2) is 17.6 Å². The van der Waals surface area contributed by atoms with Crippen LogP contribution in [-0.2, 0) is 4.79 Å². The molecule has 0 aliphatic heterocycles. The molecule has 0 saturated carbocycles. The number of thioether (sulfide) groups is 1. The fourth-order valence-electron chi connectivity index (χ4n) is 2.35. The lowest BCUT2D eigenvalue weighted by molar-refractivity contribution is -0.113. The number of benzene rings is 2. The molecule has 2 N–H and O–H groups in total. The standard InChI is InChI=1S/C20H17BrN2O3S/c1-13-11-14(21)4-9-18(13)27-12-19(24)22-15-5-7-16(8-6-15)23-20(25)17-3-2-10-26-17/h2-11H,12H2,1H3,(H,22,24)(H,23,25). The third-order valence-corrected chi connectivity index (χ3v) is 5.34. The maximum Gasteiger partial charge on any atom is 0.291 e. The summed E-state index contributed by atoms with van der Waals surface area (Å²) in [5, 5.41) is 5.58. The van der Waals surface area contributed by atoms with Crippen LogP contribution in [0.1, 0.15) is 16.1 Å². The fraction of sp³-hybridized carbons (Fsp3) is 0.100. The molecular weight excluding hydrogens is 428 g/mol. The summed E-state index contributed by atoms with van der Waals surface area (Å²) in [6, 6.07) is 16.2. The van der Waals surface area contributed by atoms with E-state index in [1.54, 1.807) is 36.4 Å². The highest BCUT2D eigenvalue weighted by molar-refractivity contribution is 9.10. The van der Waals surface area contributed by atoms with Gasteiger partial charge in [-0.2, -0.15) is 0 Å². The number of rotatable bonds is 6. The first kappa shape index (κ1) is 19.3. The van der Waals surface area contributed by atoms with Crippen LogP contribution in [0.2, 0.25) is 0 Å². The third-order valence-electron chi connectivity index (χ3n) is 3.67. The molecule has 5 nitrogen and oxygen atoms in total. The first-order valence-corrected chi connectivity index (χ1v) is 9.93. The molecule has 0 atom stereocenters. The van der Waals surface area contributed by atoms with Crippen LogP contribution in [0.5, 0.6) is 0 Å². The van der Waals surface area contributed by atoms with Crippen LogP contribution in [0.25, 0.3) is 0 Å². The Labute approximate surface area is 169 Å². The van der Waals surface area contributed by atoms with Crippen molar-refractivity contribution in [3.05, 3.63) is 76.7 Å². The first-order valence-electron chi connectivity index (χ1n) is 8.15. The van der Waals surface area contributed by atoms with Crippen LogP contribution in [0.3, 0.4) is 0 Å². The molecule has 1 aromatic heterocycles. The van der Waals surface area contributed by atoms with E-state index < -0.39 is 0 Å². The van der Waals surface area contributed by atoms with E-state index in [-0.39, 0.29) is 17.6 Å². The van der Waals surface area contributed by atoms with Gasteiger partial charge in [0, 0.05) is 20.7 Å². The van der Waals surface area contributed by atoms with Gasteiger partial charge in [-0.05, 0) is 67.1 Å². The van der Waals surface area contributed by atoms with Gasteiger partial charge in [-0.15, -0.1) is 11.8 Å². The monoisotopic (exact) mass is 444 g/mol. The molecule has 0 spiro atoms. The maximum atomic E-state index is 12.2. The van der Waals surface area contributed by atoms with Gasteiger partial charge in [-0.1, -0.05) is 15.9 Å². The van der Waals surface area contributed by atoms with Crippen molar-refractivity contribution in [1.82, 2.24) is 0 Å². The molecule has 3 rings (SSSR count). The molecule has 138 valence electrons. The van der Waals surface area contributed by atoms with E-state index in [0.29, 0.717) is 17.1 Å². The smallest absolute Gasteiger partial charge is 0.291 e. The lowest BCUT2D eigenvalue weighted by Crippen LogP contribution is -2.14. The fourth-order valence-corrected chi connectivity index (χ4v) is 3.64. The quantitative estimate of drug-likeness (QED) is 0.503. The number of hydrogen-bond acceptors (Lipinski definition) is 4. The van der Waals surface area contributed by atoms with Crippen LogP contribution in [0, 0.1) is 6.92 Å². The van der Waals surface area contributed by atoms with E-state index in [9.17, 15) is 9.59 Å². The minimum atomic E-state index is -0.321. The van der Waals surface area contributed by atoms with Crippen molar-refractivity contribution in [3.8, 4) is 0 Å². The van der Waals surface area contributed by atoms with E-state index in [4.69, 9.17) is 4.42 Å². The predicted molar refractivity (Wildman–Crippen MR) is 111 cm³/mol. The SMILES string of the molecule is Cc1cc(Br)ccc1SCC(=O)Nc1ccc(NC(=O)c2ccco2)cc1. The number of halogens is 1. The van der Waals surface area contributed by atoms with Crippen molar-refractivity contribution < 1.29 is 14.0 Å². The molecule has 0 radical (unpaired) electrons. The summed E-state index contributed by atoms with van der Waals surface area (Å²) in [6.45, 7) is 2.01. The van der Waals surface area contributed by atoms with Gasteiger partial charge in [0.2, 0.25) is 5.91 Å². The van der Waals surface area contributed by atoms with Gasteiger partial charge < -0.3 is 15.1 Å². The first-order chi connectivity index (χ1) is 13.0. The summed E-state index contributed by atoms with van der Waals surface area (Å²) in [6.07, 6.45) is 1.45. The Balaban J connectivity index is 1.51. The van der Waals surface area contributed by atoms with E-state index in [0.717, 1.165) is 14.9 Å². The van der Waals surface area contributed by atoms with Crippen molar-refractivity contribution in [2.45, 2.75) is 11.8 Å². The van der Waals surface area contributed by atoms with Crippen LogP contribution < -0.4 is 10.6 Å². The lowest BCUT2D eigenvalue weighted by Gasteiger charge is -2.08. The molecule has 0 aliphatic rings. The maximum absolute atomic E-state index is 12.2. The average Bonchev–Trinajstić information content (AvgIpc) is 3.17. The number of anilines is 2.